The Hall–Kier alpha value is -2.13. The van der Waals surface area contributed by atoms with Gasteiger partial charge in [-0.05, 0) is 70.5 Å². The van der Waals surface area contributed by atoms with Crippen molar-refractivity contribution in [1.82, 2.24) is 4.72 Å². The second-order valence-corrected chi connectivity index (χ2v) is 10.5. The van der Waals surface area contributed by atoms with E-state index in [1.165, 1.54) is 19.1 Å². The largest absolute Gasteiger partial charge is 0.449 e. The van der Waals surface area contributed by atoms with Gasteiger partial charge in [0.2, 0.25) is 10.0 Å². The molecule has 168 valence electrons. The highest BCUT2D eigenvalue weighted by Gasteiger charge is 2.26. The van der Waals surface area contributed by atoms with Crippen LogP contribution in [0.3, 0.4) is 0 Å². The van der Waals surface area contributed by atoms with Crippen molar-refractivity contribution in [2.24, 2.45) is 0 Å². The highest BCUT2D eigenvalue weighted by atomic mass is 35.5. The Morgan fingerprint density at radius 1 is 1.06 bits per heavy atom. The summed E-state index contributed by atoms with van der Waals surface area (Å²) in [5.74, 6) is -1.43. The van der Waals surface area contributed by atoms with E-state index in [0.717, 1.165) is 11.6 Å². The molecule has 0 saturated heterocycles. The molecule has 1 amide bonds. The SMILES string of the molecule is Cc1ccc(Cl)cc1NC(=O)C(C)OC(=O)c1ccc(Cl)c(S(=O)(=O)NC(C)(C)C)c1. The van der Waals surface area contributed by atoms with Gasteiger partial charge >= 0.3 is 5.97 Å². The summed E-state index contributed by atoms with van der Waals surface area (Å²) < 4.78 is 32.9. The van der Waals surface area contributed by atoms with E-state index in [4.69, 9.17) is 27.9 Å². The van der Waals surface area contributed by atoms with Crippen LogP contribution in [0.2, 0.25) is 10.0 Å². The summed E-state index contributed by atoms with van der Waals surface area (Å²) in [7, 11) is -3.98. The summed E-state index contributed by atoms with van der Waals surface area (Å²) >= 11 is 12.0. The Morgan fingerprint density at radius 2 is 1.71 bits per heavy atom. The van der Waals surface area contributed by atoms with Crippen LogP contribution < -0.4 is 10.0 Å². The second kappa shape index (κ2) is 9.56. The summed E-state index contributed by atoms with van der Waals surface area (Å²) in [5.41, 5.74) is 0.477. The average Bonchev–Trinajstić information content (AvgIpc) is 2.62. The van der Waals surface area contributed by atoms with Gasteiger partial charge in [-0.1, -0.05) is 29.3 Å². The van der Waals surface area contributed by atoms with E-state index < -0.39 is 33.5 Å². The van der Waals surface area contributed by atoms with Crippen LogP contribution in [0.25, 0.3) is 0 Å². The van der Waals surface area contributed by atoms with Crippen molar-refractivity contribution in [2.45, 2.75) is 51.2 Å². The smallest absolute Gasteiger partial charge is 0.338 e. The lowest BCUT2D eigenvalue weighted by Gasteiger charge is -2.21. The number of halogens is 2. The first-order valence-corrected chi connectivity index (χ1v) is 11.5. The molecule has 2 N–H and O–H groups in total. The van der Waals surface area contributed by atoms with Crippen LogP contribution in [-0.4, -0.2) is 31.9 Å². The number of aryl methyl sites for hydroxylation is 1. The van der Waals surface area contributed by atoms with Crippen molar-refractivity contribution < 1.29 is 22.7 Å². The summed E-state index contributed by atoms with van der Waals surface area (Å²) in [6, 6.07) is 8.75. The lowest BCUT2D eigenvalue weighted by atomic mass is 10.1. The van der Waals surface area contributed by atoms with E-state index >= 15 is 0 Å². The summed E-state index contributed by atoms with van der Waals surface area (Å²) in [4.78, 5) is 24.7. The Bertz CT molecular complexity index is 1110. The Morgan fingerprint density at radius 3 is 2.32 bits per heavy atom. The van der Waals surface area contributed by atoms with Gasteiger partial charge < -0.3 is 10.1 Å². The van der Waals surface area contributed by atoms with Crippen molar-refractivity contribution >= 4 is 50.8 Å². The second-order valence-electron chi connectivity index (χ2n) is 8.00. The van der Waals surface area contributed by atoms with E-state index in [1.54, 1.807) is 45.9 Å². The Labute approximate surface area is 192 Å². The Kier molecular flexibility index (Phi) is 7.75. The van der Waals surface area contributed by atoms with Crippen molar-refractivity contribution in [1.29, 1.82) is 0 Å². The van der Waals surface area contributed by atoms with E-state index in [1.807, 2.05) is 0 Å². The molecule has 0 bridgehead atoms. The average molecular weight is 487 g/mol. The molecule has 0 aromatic heterocycles. The van der Waals surface area contributed by atoms with Gasteiger partial charge in [-0.25, -0.2) is 17.9 Å². The fourth-order valence-electron chi connectivity index (χ4n) is 2.54. The van der Waals surface area contributed by atoms with Crippen molar-refractivity contribution in [3.63, 3.8) is 0 Å². The summed E-state index contributed by atoms with van der Waals surface area (Å²) in [6.45, 7) is 8.24. The van der Waals surface area contributed by atoms with Gasteiger partial charge in [-0.3, -0.25) is 4.79 Å². The maximum absolute atomic E-state index is 12.6. The molecule has 0 spiro atoms. The molecule has 0 heterocycles. The number of amides is 1. The summed E-state index contributed by atoms with van der Waals surface area (Å²) in [5, 5.41) is 3.05. The van der Waals surface area contributed by atoms with Crippen LogP contribution >= 0.6 is 23.2 Å². The van der Waals surface area contributed by atoms with E-state index in [0.29, 0.717) is 10.7 Å². The zero-order valence-corrected chi connectivity index (χ0v) is 20.1. The van der Waals surface area contributed by atoms with Gasteiger partial charge in [0.05, 0.1) is 10.6 Å². The van der Waals surface area contributed by atoms with Crippen molar-refractivity contribution in [3.8, 4) is 0 Å². The number of rotatable bonds is 6. The van der Waals surface area contributed by atoms with Crippen LogP contribution in [0.4, 0.5) is 5.69 Å². The topological polar surface area (TPSA) is 102 Å². The molecule has 2 aromatic carbocycles. The normalized spacial score (nSPS) is 12.9. The van der Waals surface area contributed by atoms with E-state index in [-0.39, 0.29) is 15.5 Å². The minimum Gasteiger partial charge on any atom is -0.449 e. The zero-order chi connectivity index (χ0) is 23.6. The predicted octanol–water partition coefficient (Wildman–Crippen LogP) is 4.56. The summed E-state index contributed by atoms with van der Waals surface area (Å²) in [6.07, 6.45) is -1.14. The van der Waals surface area contributed by atoms with Crippen molar-refractivity contribution in [3.05, 3.63) is 57.6 Å². The first-order chi connectivity index (χ1) is 14.2. The third kappa shape index (κ3) is 6.93. The number of carbonyl (C=O) groups is 2. The molecular weight excluding hydrogens is 463 g/mol. The molecule has 2 rings (SSSR count). The number of hydrogen-bond donors (Lipinski definition) is 2. The number of hydrogen-bond acceptors (Lipinski definition) is 5. The van der Waals surface area contributed by atoms with Crippen LogP contribution in [0.1, 0.15) is 43.6 Å². The molecule has 0 saturated carbocycles. The van der Waals surface area contributed by atoms with E-state index in [9.17, 15) is 18.0 Å². The number of carbonyl (C=O) groups excluding carboxylic acids is 2. The molecule has 1 unspecified atom stereocenters. The Balaban J connectivity index is 2.18. The third-order valence-electron chi connectivity index (χ3n) is 4.01. The van der Waals surface area contributed by atoms with Gasteiger partial charge in [-0.15, -0.1) is 0 Å². The van der Waals surface area contributed by atoms with Crippen molar-refractivity contribution in [2.75, 3.05) is 5.32 Å². The fraction of sp³-hybridized carbons (Fsp3) is 0.333. The monoisotopic (exact) mass is 486 g/mol. The van der Waals surface area contributed by atoms with E-state index in [2.05, 4.69) is 10.0 Å². The molecule has 10 heteroatoms. The maximum atomic E-state index is 12.6. The minimum absolute atomic E-state index is 0.0458. The zero-order valence-electron chi connectivity index (χ0n) is 17.7. The number of sulfonamides is 1. The number of nitrogens with one attached hydrogen (secondary N) is 2. The van der Waals surface area contributed by atoms with Gasteiger partial charge in [0, 0.05) is 16.2 Å². The van der Waals surface area contributed by atoms with Crippen LogP contribution in [0.15, 0.2) is 41.3 Å². The molecule has 1 atom stereocenters. The fourth-order valence-corrected chi connectivity index (χ4v) is 4.66. The molecule has 0 aliphatic rings. The van der Waals surface area contributed by atoms with Gasteiger partial charge in [-0.2, -0.15) is 0 Å². The maximum Gasteiger partial charge on any atom is 0.338 e. The molecule has 2 aromatic rings. The number of ether oxygens (including phenoxy) is 1. The lowest BCUT2D eigenvalue weighted by Crippen LogP contribution is -2.40. The van der Waals surface area contributed by atoms with Gasteiger partial charge in [0.15, 0.2) is 6.10 Å². The molecule has 31 heavy (non-hydrogen) atoms. The first-order valence-electron chi connectivity index (χ1n) is 9.31. The molecule has 7 nitrogen and oxygen atoms in total. The lowest BCUT2D eigenvalue weighted by molar-refractivity contribution is -0.123. The molecule has 0 radical (unpaired) electrons. The minimum atomic E-state index is -3.98. The van der Waals surface area contributed by atoms with Crippen LogP contribution in [0.5, 0.6) is 0 Å². The quantitative estimate of drug-likeness (QED) is 0.582. The number of esters is 1. The highest BCUT2D eigenvalue weighted by molar-refractivity contribution is 7.89. The molecule has 0 aliphatic heterocycles. The highest BCUT2D eigenvalue weighted by Crippen LogP contribution is 2.25. The van der Waals surface area contributed by atoms with Gasteiger partial charge in [0.1, 0.15) is 4.90 Å². The van der Waals surface area contributed by atoms with Gasteiger partial charge in [0.25, 0.3) is 5.91 Å². The molecule has 0 fully saturated rings. The molecular formula is C21H24Cl2N2O5S. The third-order valence-corrected chi connectivity index (χ3v) is 6.48. The number of benzene rings is 2. The first kappa shape index (κ1) is 25.1. The standard InChI is InChI=1S/C21H24Cl2N2O5S/c1-12-6-8-15(22)11-17(12)24-19(26)13(2)30-20(27)14-7-9-16(23)18(10-14)31(28,29)25-21(3,4)5/h6-11,13,25H,1-5H3,(H,24,26). The molecule has 0 aliphatic carbocycles. The van der Waals surface area contributed by atoms with Crippen LogP contribution in [-0.2, 0) is 19.6 Å². The number of anilines is 1. The van der Waals surface area contributed by atoms with Crippen LogP contribution in [0, 0.1) is 6.92 Å². The predicted molar refractivity (Wildman–Crippen MR) is 121 cm³/mol.